The monoisotopic (exact) mass is 231 g/mol. The summed E-state index contributed by atoms with van der Waals surface area (Å²) in [6.45, 7) is 13.4. The summed E-state index contributed by atoms with van der Waals surface area (Å²) < 4.78 is 2.49. The normalized spacial score (nSPS) is 10.9. The number of allylic oxidation sites excluding steroid dienone is 1. The minimum atomic E-state index is -1.45. The van der Waals surface area contributed by atoms with Gasteiger partial charge in [-0.2, -0.15) is 0 Å². The molecule has 0 heterocycles. The van der Waals surface area contributed by atoms with Gasteiger partial charge in [0.05, 0.1) is 0 Å². The van der Waals surface area contributed by atoms with E-state index < -0.39 is 8.24 Å². The molecule has 0 aromatic heterocycles. The van der Waals surface area contributed by atoms with Crippen molar-refractivity contribution < 1.29 is 0 Å². The van der Waals surface area contributed by atoms with Gasteiger partial charge in [-0.1, -0.05) is 43.4 Å². The van der Waals surface area contributed by atoms with Crippen LogP contribution in [-0.4, -0.2) is 14.8 Å². The molecule has 0 unspecified atom stereocenters. The maximum atomic E-state index is 3.86. The number of hydrogen-bond acceptors (Lipinski definition) is 1. The maximum Gasteiger partial charge on any atom is 0.154 e. The molecule has 86 valence electrons. The molecule has 0 amide bonds. The lowest BCUT2D eigenvalue weighted by atomic mass is 10.3. The highest BCUT2D eigenvalue weighted by atomic mass is 28.3. The first-order valence-electron chi connectivity index (χ1n) is 5.66. The van der Waals surface area contributed by atoms with E-state index in [9.17, 15) is 0 Å². The highest BCUT2D eigenvalue weighted by Crippen LogP contribution is 2.24. The van der Waals surface area contributed by atoms with Gasteiger partial charge in [0.1, 0.15) is 0 Å². The molecule has 1 aromatic rings. The summed E-state index contributed by atoms with van der Waals surface area (Å²) in [4.78, 5) is 0. The molecule has 0 bridgehead atoms. The zero-order valence-electron chi connectivity index (χ0n) is 10.3. The van der Waals surface area contributed by atoms with Gasteiger partial charge >= 0.3 is 0 Å². The van der Waals surface area contributed by atoms with E-state index in [1.54, 1.807) is 0 Å². The van der Waals surface area contributed by atoms with Crippen molar-refractivity contribution in [2.75, 3.05) is 11.1 Å². The Morgan fingerprint density at radius 1 is 1.12 bits per heavy atom. The molecule has 0 aliphatic heterocycles. The predicted octanol–water partition coefficient (Wildman–Crippen LogP) is 4.07. The lowest BCUT2D eigenvalue weighted by molar-refractivity contribution is 1.12. The molecular formula is C14H21NSi. The van der Waals surface area contributed by atoms with E-state index in [4.69, 9.17) is 0 Å². The smallest absolute Gasteiger partial charge is 0.154 e. The van der Waals surface area contributed by atoms with Gasteiger partial charge < -0.3 is 4.57 Å². The Labute approximate surface area is 100 Å². The lowest BCUT2D eigenvalue weighted by Crippen LogP contribution is -2.48. The van der Waals surface area contributed by atoms with Crippen molar-refractivity contribution in [2.24, 2.45) is 0 Å². The zero-order chi connectivity index (χ0) is 12.0. The highest BCUT2D eigenvalue weighted by Gasteiger charge is 2.27. The van der Waals surface area contributed by atoms with Crippen LogP contribution in [0.5, 0.6) is 0 Å². The first kappa shape index (κ1) is 12.8. The van der Waals surface area contributed by atoms with Crippen LogP contribution in [0.3, 0.4) is 0 Å². The SMILES string of the molecule is C=CCN(c1ccccc1)[Si](C)(C)CC=C. The third-order valence-electron chi connectivity index (χ3n) is 2.75. The van der Waals surface area contributed by atoms with Crippen molar-refractivity contribution in [3.05, 3.63) is 55.6 Å². The van der Waals surface area contributed by atoms with Crippen LogP contribution in [0.2, 0.25) is 19.1 Å². The molecule has 0 aliphatic rings. The van der Waals surface area contributed by atoms with Crippen LogP contribution in [0, 0.1) is 0 Å². The van der Waals surface area contributed by atoms with E-state index in [0.717, 1.165) is 12.6 Å². The van der Waals surface area contributed by atoms with Crippen molar-refractivity contribution in [1.82, 2.24) is 0 Å². The fourth-order valence-electron chi connectivity index (χ4n) is 1.90. The number of nitrogens with zero attached hydrogens (tertiary/aromatic N) is 1. The molecule has 1 rings (SSSR count). The summed E-state index contributed by atoms with van der Waals surface area (Å²) in [6.07, 6.45) is 4.01. The molecule has 0 saturated carbocycles. The quantitative estimate of drug-likeness (QED) is 0.527. The molecule has 0 fully saturated rings. The van der Waals surface area contributed by atoms with Crippen molar-refractivity contribution in [2.45, 2.75) is 19.1 Å². The van der Waals surface area contributed by atoms with Gasteiger partial charge in [-0.3, -0.25) is 0 Å². The molecule has 16 heavy (non-hydrogen) atoms. The molecule has 0 spiro atoms. The molecule has 0 aliphatic carbocycles. The Balaban J connectivity index is 2.99. The summed E-state index contributed by atoms with van der Waals surface area (Å²) in [5.41, 5.74) is 1.29. The van der Waals surface area contributed by atoms with Crippen molar-refractivity contribution in [3.8, 4) is 0 Å². The fourth-order valence-corrected chi connectivity index (χ4v) is 4.30. The van der Waals surface area contributed by atoms with Crippen LogP contribution in [-0.2, 0) is 0 Å². The third-order valence-corrected chi connectivity index (χ3v) is 5.94. The van der Waals surface area contributed by atoms with Gasteiger partial charge in [0.15, 0.2) is 8.24 Å². The fraction of sp³-hybridized carbons (Fsp3) is 0.286. The Morgan fingerprint density at radius 3 is 2.25 bits per heavy atom. The Morgan fingerprint density at radius 2 is 1.75 bits per heavy atom. The van der Waals surface area contributed by atoms with Gasteiger partial charge in [-0.25, -0.2) is 0 Å². The summed E-state index contributed by atoms with van der Waals surface area (Å²) >= 11 is 0. The van der Waals surface area contributed by atoms with Crippen LogP contribution in [0.25, 0.3) is 0 Å². The molecule has 0 N–H and O–H groups in total. The van der Waals surface area contributed by atoms with Gasteiger partial charge in [0.2, 0.25) is 0 Å². The predicted molar refractivity (Wildman–Crippen MR) is 76.5 cm³/mol. The van der Waals surface area contributed by atoms with E-state index in [1.807, 2.05) is 12.2 Å². The Bertz CT molecular complexity index is 343. The Kier molecular flexibility index (Phi) is 4.56. The van der Waals surface area contributed by atoms with Crippen molar-refractivity contribution in [3.63, 3.8) is 0 Å². The standard InChI is InChI=1S/C14H21NSi/c1-5-12-15(16(3,4)13-6-2)14-10-8-7-9-11-14/h5-11H,1-2,12-13H2,3-4H3. The second-order valence-corrected chi connectivity index (χ2v) is 9.11. The molecule has 1 aromatic carbocycles. The second kappa shape index (κ2) is 5.71. The average Bonchev–Trinajstić information content (AvgIpc) is 2.27. The summed E-state index contributed by atoms with van der Waals surface area (Å²) in [5.74, 6) is 0. The molecule has 0 atom stereocenters. The minimum Gasteiger partial charge on any atom is -0.394 e. The van der Waals surface area contributed by atoms with E-state index in [0.29, 0.717) is 0 Å². The summed E-state index contributed by atoms with van der Waals surface area (Å²) in [7, 11) is -1.45. The number of benzene rings is 1. The first-order chi connectivity index (χ1) is 7.61. The lowest BCUT2D eigenvalue weighted by Gasteiger charge is -2.37. The largest absolute Gasteiger partial charge is 0.394 e. The van der Waals surface area contributed by atoms with Crippen LogP contribution >= 0.6 is 0 Å². The molecule has 0 radical (unpaired) electrons. The highest BCUT2D eigenvalue weighted by molar-refractivity contribution is 6.81. The van der Waals surface area contributed by atoms with Gasteiger partial charge in [0.25, 0.3) is 0 Å². The number of para-hydroxylation sites is 1. The van der Waals surface area contributed by atoms with E-state index >= 15 is 0 Å². The minimum absolute atomic E-state index is 0.914. The first-order valence-corrected chi connectivity index (χ1v) is 8.81. The third kappa shape index (κ3) is 3.10. The van der Waals surface area contributed by atoms with Crippen LogP contribution in [0.4, 0.5) is 5.69 Å². The molecule has 0 saturated heterocycles. The molecule has 2 heteroatoms. The summed E-state index contributed by atoms with van der Waals surface area (Å²) in [6, 6.07) is 11.7. The zero-order valence-corrected chi connectivity index (χ0v) is 11.3. The summed E-state index contributed by atoms with van der Waals surface area (Å²) in [5, 5.41) is 0. The van der Waals surface area contributed by atoms with Crippen molar-refractivity contribution >= 4 is 13.9 Å². The van der Waals surface area contributed by atoms with Crippen LogP contribution < -0.4 is 4.57 Å². The van der Waals surface area contributed by atoms with Crippen LogP contribution in [0.15, 0.2) is 55.6 Å². The van der Waals surface area contributed by atoms with Gasteiger partial charge in [-0.05, 0) is 18.2 Å². The van der Waals surface area contributed by atoms with Crippen molar-refractivity contribution in [1.29, 1.82) is 0 Å². The van der Waals surface area contributed by atoms with E-state index in [2.05, 4.69) is 61.1 Å². The van der Waals surface area contributed by atoms with Gasteiger partial charge in [0, 0.05) is 12.2 Å². The molecular weight excluding hydrogens is 210 g/mol. The van der Waals surface area contributed by atoms with E-state index in [1.165, 1.54) is 5.69 Å². The number of rotatable bonds is 6. The van der Waals surface area contributed by atoms with E-state index in [-0.39, 0.29) is 0 Å². The Hall–Kier alpha value is -1.28. The number of hydrogen-bond donors (Lipinski definition) is 0. The van der Waals surface area contributed by atoms with Gasteiger partial charge in [-0.15, -0.1) is 13.2 Å². The molecule has 1 nitrogen and oxygen atoms in total. The maximum absolute atomic E-state index is 3.86. The topological polar surface area (TPSA) is 3.24 Å². The average molecular weight is 231 g/mol. The van der Waals surface area contributed by atoms with Crippen LogP contribution in [0.1, 0.15) is 0 Å². The second-order valence-electron chi connectivity index (χ2n) is 4.54. The number of anilines is 1.